The van der Waals surface area contributed by atoms with E-state index in [9.17, 15) is 4.79 Å². The van der Waals surface area contributed by atoms with E-state index >= 15 is 0 Å². The molecule has 4 nitrogen and oxygen atoms in total. The van der Waals surface area contributed by atoms with E-state index in [1.165, 1.54) is 11.3 Å². The van der Waals surface area contributed by atoms with Gasteiger partial charge in [-0.2, -0.15) is 5.26 Å². The molecule has 0 radical (unpaired) electrons. The van der Waals surface area contributed by atoms with Crippen molar-refractivity contribution in [2.24, 2.45) is 11.8 Å². The number of nitrogens with one attached hydrogen (secondary N) is 1. The third-order valence-corrected chi connectivity index (χ3v) is 3.35. The van der Waals surface area contributed by atoms with Gasteiger partial charge in [0, 0.05) is 10.8 Å². The molecule has 0 aliphatic heterocycles. The van der Waals surface area contributed by atoms with Crippen LogP contribution in [0.3, 0.4) is 0 Å². The van der Waals surface area contributed by atoms with Crippen molar-refractivity contribution in [3.05, 3.63) is 11.1 Å². The fraction of sp³-hybridized carbons (Fsp3) is 0.615. The fourth-order valence-corrected chi connectivity index (χ4v) is 2.31. The van der Waals surface area contributed by atoms with Gasteiger partial charge in [0.1, 0.15) is 5.92 Å². The van der Waals surface area contributed by atoms with Gasteiger partial charge in [0.2, 0.25) is 5.91 Å². The number of anilines is 1. The van der Waals surface area contributed by atoms with Crippen molar-refractivity contribution in [1.82, 2.24) is 4.98 Å². The molecule has 1 aromatic heterocycles. The standard InChI is InChI=1S/C13H19N3OS/c1-8(2)9(6-14)11(17)16-12-15-10(7-18-12)13(3,4)5/h7-9H,1-5H3,(H,15,16,17). The Morgan fingerprint density at radius 1 is 1.50 bits per heavy atom. The van der Waals surface area contributed by atoms with Crippen LogP contribution in [0.15, 0.2) is 5.38 Å². The lowest BCUT2D eigenvalue weighted by Crippen LogP contribution is -2.25. The van der Waals surface area contributed by atoms with Crippen molar-refractivity contribution in [1.29, 1.82) is 5.26 Å². The van der Waals surface area contributed by atoms with E-state index in [2.05, 4.69) is 31.1 Å². The van der Waals surface area contributed by atoms with E-state index in [0.29, 0.717) is 5.13 Å². The number of nitrogens with zero attached hydrogens (tertiary/aromatic N) is 2. The highest BCUT2D eigenvalue weighted by molar-refractivity contribution is 7.13. The lowest BCUT2D eigenvalue weighted by Gasteiger charge is -2.14. The molecule has 1 amide bonds. The normalized spacial score (nSPS) is 13.2. The summed E-state index contributed by atoms with van der Waals surface area (Å²) in [6.07, 6.45) is 0. The van der Waals surface area contributed by atoms with Crippen LogP contribution in [-0.2, 0) is 10.2 Å². The zero-order valence-electron chi connectivity index (χ0n) is 11.4. The van der Waals surface area contributed by atoms with Crippen LogP contribution in [0, 0.1) is 23.2 Å². The minimum absolute atomic E-state index is 0.00273. The maximum atomic E-state index is 11.9. The first-order chi connectivity index (χ1) is 8.25. The number of hydrogen-bond acceptors (Lipinski definition) is 4. The molecule has 0 saturated carbocycles. The zero-order valence-corrected chi connectivity index (χ0v) is 12.3. The summed E-state index contributed by atoms with van der Waals surface area (Å²) in [4.78, 5) is 16.3. The van der Waals surface area contributed by atoms with Gasteiger partial charge in [-0.1, -0.05) is 34.6 Å². The predicted molar refractivity (Wildman–Crippen MR) is 73.4 cm³/mol. The van der Waals surface area contributed by atoms with Crippen molar-refractivity contribution in [3.63, 3.8) is 0 Å². The monoisotopic (exact) mass is 265 g/mol. The van der Waals surface area contributed by atoms with Crippen molar-refractivity contribution in [2.45, 2.75) is 40.0 Å². The maximum Gasteiger partial charge on any atom is 0.243 e. The van der Waals surface area contributed by atoms with Crippen LogP contribution >= 0.6 is 11.3 Å². The summed E-state index contributed by atoms with van der Waals surface area (Å²) in [5.41, 5.74) is 0.910. The molecule has 0 fully saturated rings. The highest BCUT2D eigenvalue weighted by Crippen LogP contribution is 2.26. The Kier molecular flexibility index (Phi) is 4.47. The first-order valence-electron chi connectivity index (χ1n) is 5.92. The van der Waals surface area contributed by atoms with Crippen LogP contribution in [0.4, 0.5) is 5.13 Å². The van der Waals surface area contributed by atoms with Crippen molar-refractivity contribution >= 4 is 22.4 Å². The van der Waals surface area contributed by atoms with Crippen LogP contribution in [0.5, 0.6) is 0 Å². The summed E-state index contributed by atoms with van der Waals surface area (Å²) < 4.78 is 0. The Morgan fingerprint density at radius 3 is 2.50 bits per heavy atom. The number of aromatic nitrogens is 1. The molecular formula is C13H19N3OS. The van der Waals surface area contributed by atoms with Crippen LogP contribution in [-0.4, -0.2) is 10.9 Å². The average Bonchev–Trinajstić information content (AvgIpc) is 2.65. The van der Waals surface area contributed by atoms with Crippen LogP contribution in [0.25, 0.3) is 0 Å². The molecule has 0 aliphatic rings. The summed E-state index contributed by atoms with van der Waals surface area (Å²) in [5, 5.41) is 14.2. The molecule has 1 heterocycles. The molecule has 0 bridgehead atoms. The molecule has 0 aliphatic carbocycles. The first kappa shape index (κ1) is 14.7. The van der Waals surface area contributed by atoms with Crippen LogP contribution < -0.4 is 5.32 Å². The minimum atomic E-state index is -0.632. The molecule has 1 atom stereocenters. The number of carbonyl (C=O) groups excluding carboxylic acids is 1. The summed E-state index contributed by atoms with van der Waals surface area (Å²) in [7, 11) is 0. The van der Waals surface area contributed by atoms with E-state index in [-0.39, 0.29) is 17.2 Å². The Balaban J connectivity index is 2.78. The maximum absolute atomic E-state index is 11.9. The molecule has 1 N–H and O–H groups in total. The summed E-state index contributed by atoms with van der Waals surface area (Å²) in [6.45, 7) is 9.92. The zero-order chi connectivity index (χ0) is 13.9. The second-order valence-electron chi connectivity index (χ2n) is 5.63. The second kappa shape index (κ2) is 5.49. The number of amides is 1. The van der Waals surface area contributed by atoms with Gasteiger partial charge in [0.25, 0.3) is 0 Å². The average molecular weight is 265 g/mol. The van der Waals surface area contributed by atoms with E-state index in [4.69, 9.17) is 5.26 Å². The summed E-state index contributed by atoms with van der Waals surface area (Å²) in [5.74, 6) is -0.911. The van der Waals surface area contributed by atoms with Gasteiger partial charge in [0.05, 0.1) is 11.8 Å². The summed E-state index contributed by atoms with van der Waals surface area (Å²) in [6, 6.07) is 2.02. The third-order valence-electron chi connectivity index (χ3n) is 2.59. The fourth-order valence-electron chi connectivity index (χ4n) is 1.37. The Bertz CT molecular complexity index is 465. The molecule has 1 unspecified atom stereocenters. The molecular weight excluding hydrogens is 246 g/mol. The van der Waals surface area contributed by atoms with Crippen molar-refractivity contribution < 1.29 is 4.79 Å². The Labute approximate surface area is 112 Å². The molecule has 1 aromatic rings. The van der Waals surface area contributed by atoms with Gasteiger partial charge in [-0.05, 0) is 5.92 Å². The lowest BCUT2D eigenvalue weighted by atomic mass is 9.93. The molecule has 5 heteroatoms. The predicted octanol–water partition coefficient (Wildman–Crippen LogP) is 3.17. The molecule has 0 spiro atoms. The summed E-state index contributed by atoms with van der Waals surface area (Å²) >= 11 is 1.39. The van der Waals surface area contributed by atoms with Gasteiger partial charge < -0.3 is 5.32 Å². The molecule has 18 heavy (non-hydrogen) atoms. The van der Waals surface area contributed by atoms with Crippen LogP contribution in [0.2, 0.25) is 0 Å². The highest BCUT2D eigenvalue weighted by atomic mass is 32.1. The van der Waals surface area contributed by atoms with Crippen molar-refractivity contribution in [3.8, 4) is 6.07 Å². The van der Waals surface area contributed by atoms with E-state index < -0.39 is 5.92 Å². The lowest BCUT2D eigenvalue weighted by molar-refractivity contribution is -0.119. The third kappa shape index (κ3) is 3.54. The van der Waals surface area contributed by atoms with E-state index in [0.717, 1.165) is 5.69 Å². The van der Waals surface area contributed by atoms with Gasteiger partial charge in [0.15, 0.2) is 5.13 Å². The smallest absolute Gasteiger partial charge is 0.243 e. The molecule has 1 rings (SSSR count). The van der Waals surface area contributed by atoms with Gasteiger partial charge in [-0.15, -0.1) is 11.3 Å². The molecule has 0 saturated heterocycles. The van der Waals surface area contributed by atoms with Gasteiger partial charge in [-0.3, -0.25) is 4.79 Å². The quantitative estimate of drug-likeness (QED) is 0.912. The molecule has 98 valence electrons. The minimum Gasteiger partial charge on any atom is -0.301 e. The second-order valence-corrected chi connectivity index (χ2v) is 6.49. The Hall–Kier alpha value is -1.41. The number of hydrogen-bond donors (Lipinski definition) is 1. The first-order valence-corrected chi connectivity index (χ1v) is 6.80. The number of carbonyl (C=O) groups is 1. The molecule has 0 aromatic carbocycles. The number of thiazole rings is 1. The van der Waals surface area contributed by atoms with Crippen molar-refractivity contribution in [2.75, 3.05) is 5.32 Å². The largest absolute Gasteiger partial charge is 0.301 e. The highest BCUT2D eigenvalue weighted by Gasteiger charge is 2.23. The van der Waals surface area contributed by atoms with Crippen LogP contribution in [0.1, 0.15) is 40.3 Å². The number of nitriles is 1. The van der Waals surface area contributed by atoms with E-state index in [1.807, 2.05) is 25.3 Å². The topological polar surface area (TPSA) is 65.8 Å². The SMILES string of the molecule is CC(C)C(C#N)C(=O)Nc1nc(C(C)(C)C)cs1. The number of rotatable bonds is 3. The Morgan fingerprint density at radius 2 is 2.11 bits per heavy atom. The van der Waals surface area contributed by atoms with Gasteiger partial charge >= 0.3 is 0 Å². The van der Waals surface area contributed by atoms with Gasteiger partial charge in [-0.25, -0.2) is 4.98 Å². The van der Waals surface area contributed by atoms with E-state index in [1.54, 1.807) is 0 Å².